The normalized spacial score (nSPS) is 11.5. The minimum Gasteiger partial charge on any atom is -0.395 e. The molecule has 0 bridgehead atoms. The molecule has 0 aliphatic carbocycles. The lowest BCUT2D eigenvalue weighted by molar-refractivity contribution is 0.0944. The molecule has 1 rings (SSSR count). The second-order valence-corrected chi connectivity index (χ2v) is 5.63. The van der Waals surface area contributed by atoms with Crippen molar-refractivity contribution in [3.63, 3.8) is 0 Å². The zero-order valence-electron chi connectivity index (χ0n) is 10.5. The lowest BCUT2D eigenvalue weighted by atomic mass is 10.2. The number of rotatable bonds is 5. The fourth-order valence-electron chi connectivity index (χ4n) is 1.33. The average molecular weight is 283 g/mol. The first-order chi connectivity index (χ1) is 8.67. The molecule has 1 amide bonds. The molecular weight excluding hydrogens is 266 g/mol. The molecule has 0 saturated heterocycles. The summed E-state index contributed by atoms with van der Waals surface area (Å²) in [5, 5.41) is 13.4. The summed E-state index contributed by atoms with van der Waals surface area (Å²) in [5.74, 6) is 6.61. The third-order valence-corrected chi connectivity index (χ3v) is 3.78. The van der Waals surface area contributed by atoms with Gasteiger partial charge in [-0.3, -0.25) is 4.79 Å². The molecule has 98 valence electrons. The van der Waals surface area contributed by atoms with Crippen LogP contribution in [0.5, 0.6) is 0 Å². The van der Waals surface area contributed by atoms with Gasteiger partial charge in [0.15, 0.2) is 0 Å². The quantitative estimate of drug-likeness (QED) is 0.812. The number of carbonyl (C=O) groups is 1. The molecule has 1 atom stereocenters. The van der Waals surface area contributed by atoms with E-state index < -0.39 is 0 Å². The van der Waals surface area contributed by atoms with Crippen molar-refractivity contribution in [3.05, 3.63) is 21.9 Å². The van der Waals surface area contributed by atoms with Crippen molar-refractivity contribution in [3.8, 4) is 11.8 Å². The van der Waals surface area contributed by atoms with Gasteiger partial charge in [-0.05, 0) is 19.2 Å². The predicted molar refractivity (Wildman–Crippen MR) is 78.2 cm³/mol. The standard InChI is InChI=1S/C13H17NO2S2/c1-10(8-17-2)14-13(16)11-7-12(18-9-11)5-3-4-6-15/h7,9-10,15H,4,6,8H2,1-2H3,(H,14,16). The maximum Gasteiger partial charge on any atom is 0.252 e. The first-order valence-corrected chi connectivity index (χ1v) is 7.92. The van der Waals surface area contributed by atoms with Crippen molar-refractivity contribution in [2.75, 3.05) is 18.6 Å². The Kier molecular flexibility index (Phi) is 6.88. The molecule has 0 spiro atoms. The minimum absolute atomic E-state index is 0.0528. The van der Waals surface area contributed by atoms with E-state index in [1.165, 1.54) is 11.3 Å². The fourth-order valence-corrected chi connectivity index (χ4v) is 2.66. The van der Waals surface area contributed by atoms with Crippen LogP contribution in [0.15, 0.2) is 11.4 Å². The van der Waals surface area contributed by atoms with Crippen molar-refractivity contribution >= 4 is 29.0 Å². The second-order valence-electron chi connectivity index (χ2n) is 3.80. The number of aliphatic hydroxyl groups is 1. The molecule has 0 aromatic carbocycles. The summed E-state index contributed by atoms with van der Waals surface area (Å²) in [6.07, 6.45) is 2.48. The minimum atomic E-state index is -0.0528. The van der Waals surface area contributed by atoms with Gasteiger partial charge in [0.25, 0.3) is 5.91 Å². The highest BCUT2D eigenvalue weighted by Gasteiger charge is 2.10. The zero-order chi connectivity index (χ0) is 13.4. The van der Waals surface area contributed by atoms with Crippen molar-refractivity contribution in [1.29, 1.82) is 0 Å². The Morgan fingerprint density at radius 1 is 1.67 bits per heavy atom. The number of hydrogen-bond donors (Lipinski definition) is 2. The van der Waals surface area contributed by atoms with Gasteiger partial charge >= 0.3 is 0 Å². The number of thiophene rings is 1. The predicted octanol–water partition coefficient (Wildman–Crippen LogP) is 1.96. The molecule has 1 heterocycles. The highest BCUT2D eigenvalue weighted by atomic mass is 32.2. The van der Waals surface area contributed by atoms with E-state index >= 15 is 0 Å². The van der Waals surface area contributed by atoms with Crippen LogP contribution in [0.1, 0.15) is 28.6 Å². The smallest absolute Gasteiger partial charge is 0.252 e. The van der Waals surface area contributed by atoms with Crippen LogP contribution in [0, 0.1) is 11.8 Å². The largest absolute Gasteiger partial charge is 0.395 e. The van der Waals surface area contributed by atoms with Gasteiger partial charge in [-0.2, -0.15) is 11.8 Å². The maximum absolute atomic E-state index is 11.9. The molecule has 1 aromatic rings. The van der Waals surface area contributed by atoms with Crippen LogP contribution in [-0.2, 0) is 0 Å². The number of carbonyl (C=O) groups excluding carboxylic acids is 1. The van der Waals surface area contributed by atoms with E-state index in [0.29, 0.717) is 12.0 Å². The van der Waals surface area contributed by atoms with Crippen molar-refractivity contribution in [2.24, 2.45) is 0 Å². The van der Waals surface area contributed by atoms with E-state index in [9.17, 15) is 4.79 Å². The van der Waals surface area contributed by atoms with Crippen LogP contribution in [0.25, 0.3) is 0 Å². The summed E-state index contributed by atoms with van der Waals surface area (Å²) in [5.41, 5.74) is 0.654. The van der Waals surface area contributed by atoms with E-state index in [-0.39, 0.29) is 18.6 Å². The van der Waals surface area contributed by atoms with Gasteiger partial charge in [0.05, 0.1) is 17.0 Å². The van der Waals surface area contributed by atoms with Gasteiger partial charge in [0.2, 0.25) is 0 Å². The number of nitrogens with one attached hydrogen (secondary N) is 1. The second kappa shape index (κ2) is 8.20. The summed E-state index contributed by atoms with van der Waals surface area (Å²) in [6, 6.07) is 1.95. The highest BCUT2D eigenvalue weighted by Crippen LogP contribution is 2.13. The van der Waals surface area contributed by atoms with Gasteiger partial charge in [-0.1, -0.05) is 11.8 Å². The molecule has 2 N–H and O–H groups in total. The lowest BCUT2D eigenvalue weighted by Crippen LogP contribution is -2.33. The number of hydrogen-bond acceptors (Lipinski definition) is 4. The van der Waals surface area contributed by atoms with Crippen LogP contribution in [0.4, 0.5) is 0 Å². The summed E-state index contributed by atoms with van der Waals surface area (Å²) >= 11 is 3.16. The first kappa shape index (κ1) is 15.1. The summed E-state index contributed by atoms with van der Waals surface area (Å²) in [7, 11) is 0. The Balaban J connectivity index is 2.57. The van der Waals surface area contributed by atoms with Crippen LogP contribution in [0.2, 0.25) is 0 Å². The fraction of sp³-hybridized carbons (Fsp3) is 0.462. The number of amides is 1. The van der Waals surface area contributed by atoms with Gasteiger partial charge in [0.1, 0.15) is 0 Å². The lowest BCUT2D eigenvalue weighted by Gasteiger charge is -2.11. The molecule has 18 heavy (non-hydrogen) atoms. The molecular formula is C13H17NO2S2. The molecule has 0 aliphatic heterocycles. The molecule has 0 saturated carbocycles. The van der Waals surface area contributed by atoms with E-state index in [1.54, 1.807) is 17.8 Å². The molecule has 1 aromatic heterocycles. The van der Waals surface area contributed by atoms with Crippen LogP contribution in [0.3, 0.4) is 0 Å². The van der Waals surface area contributed by atoms with Gasteiger partial charge in [-0.15, -0.1) is 11.3 Å². The zero-order valence-corrected chi connectivity index (χ0v) is 12.2. The Morgan fingerprint density at radius 2 is 2.44 bits per heavy atom. The SMILES string of the molecule is CSCC(C)NC(=O)c1csc(C#CCCO)c1. The molecule has 5 heteroatoms. The first-order valence-electron chi connectivity index (χ1n) is 5.65. The summed E-state index contributed by atoms with van der Waals surface area (Å²) < 4.78 is 0. The average Bonchev–Trinajstić information content (AvgIpc) is 2.78. The highest BCUT2D eigenvalue weighted by molar-refractivity contribution is 7.98. The molecule has 1 unspecified atom stereocenters. The van der Waals surface area contributed by atoms with Crippen molar-refractivity contribution in [2.45, 2.75) is 19.4 Å². The Morgan fingerprint density at radius 3 is 3.11 bits per heavy atom. The van der Waals surface area contributed by atoms with Crippen LogP contribution < -0.4 is 5.32 Å². The monoisotopic (exact) mass is 283 g/mol. The van der Waals surface area contributed by atoms with E-state index in [0.717, 1.165) is 10.6 Å². The summed E-state index contributed by atoms with van der Waals surface area (Å²) in [4.78, 5) is 12.7. The molecule has 0 radical (unpaired) electrons. The molecule has 0 fully saturated rings. The van der Waals surface area contributed by atoms with Crippen molar-refractivity contribution < 1.29 is 9.90 Å². The van der Waals surface area contributed by atoms with E-state index in [2.05, 4.69) is 17.2 Å². The van der Waals surface area contributed by atoms with E-state index in [1.807, 2.05) is 18.6 Å². The third-order valence-electron chi connectivity index (χ3n) is 2.10. The Bertz CT molecular complexity index is 445. The topological polar surface area (TPSA) is 49.3 Å². The summed E-state index contributed by atoms with van der Waals surface area (Å²) in [6.45, 7) is 2.06. The van der Waals surface area contributed by atoms with Gasteiger partial charge in [0, 0.05) is 23.6 Å². The van der Waals surface area contributed by atoms with Crippen LogP contribution >= 0.6 is 23.1 Å². The number of aliphatic hydroxyl groups excluding tert-OH is 1. The molecule has 3 nitrogen and oxygen atoms in total. The Hall–Kier alpha value is -0.960. The van der Waals surface area contributed by atoms with Crippen LogP contribution in [-0.4, -0.2) is 35.7 Å². The third kappa shape index (κ3) is 5.13. The number of thioether (sulfide) groups is 1. The van der Waals surface area contributed by atoms with Crippen molar-refractivity contribution in [1.82, 2.24) is 5.32 Å². The Labute approximate surface area is 116 Å². The maximum atomic E-state index is 11.9. The molecule has 0 aliphatic rings. The van der Waals surface area contributed by atoms with E-state index in [4.69, 9.17) is 5.11 Å². The van der Waals surface area contributed by atoms with Gasteiger partial charge in [-0.25, -0.2) is 0 Å². The van der Waals surface area contributed by atoms with Gasteiger partial charge < -0.3 is 10.4 Å².